The normalized spacial score (nSPS) is 12.5. The van der Waals surface area contributed by atoms with Crippen LogP contribution in [0.4, 0.5) is 4.39 Å². The molecule has 0 amide bonds. The number of nitrogens with zero attached hydrogens (tertiary/aromatic N) is 4. The van der Waals surface area contributed by atoms with Crippen molar-refractivity contribution in [1.82, 2.24) is 15.0 Å². The zero-order valence-corrected chi connectivity index (χ0v) is 13.9. The minimum atomic E-state index is -0.365. The van der Waals surface area contributed by atoms with Gasteiger partial charge in [0.05, 0.1) is 17.5 Å². The number of fused-ring (bicyclic) bond motifs is 1. The summed E-state index contributed by atoms with van der Waals surface area (Å²) in [4.78, 5) is 12.7. The SMILES string of the molecule is N#Cc1ccc(COc2cc(-c3cncc(F)c3)c3c(n2)CCC3)nc1. The zero-order valence-electron chi connectivity index (χ0n) is 13.9. The van der Waals surface area contributed by atoms with Crippen molar-refractivity contribution in [3.8, 4) is 23.1 Å². The number of nitriles is 1. The van der Waals surface area contributed by atoms with Crippen LogP contribution in [0.15, 0.2) is 42.9 Å². The third kappa shape index (κ3) is 3.24. The second-order valence-corrected chi connectivity index (χ2v) is 6.12. The molecule has 5 nitrogen and oxygen atoms in total. The van der Waals surface area contributed by atoms with Crippen LogP contribution in [-0.4, -0.2) is 15.0 Å². The monoisotopic (exact) mass is 346 g/mol. The van der Waals surface area contributed by atoms with Crippen molar-refractivity contribution in [3.63, 3.8) is 0 Å². The highest BCUT2D eigenvalue weighted by Gasteiger charge is 2.20. The van der Waals surface area contributed by atoms with Gasteiger partial charge in [-0.15, -0.1) is 0 Å². The van der Waals surface area contributed by atoms with Gasteiger partial charge in [-0.2, -0.15) is 5.26 Å². The zero-order chi connectivity index (χ0) is 17.9. The molecular weight excluding hydrogens is 331 g/mol. The van der Waals surface area contributed by atoms with Crippen molar-refractivity contribution >= 4 is 0 Å². The Labute approximate surface area is 150 Å². The Hall–Kier alpha value is -3.33. The van der Waals surface area contributed by atoms with Gasteiger partial charge < -0.3 is 4.74 Å². The average Bonchev–Trinajstić information content (AvgIpc) is 3.14. The lowest BCUT2D eigenvalue weighted by Gasteiger charge is -2.12. The first-order valence-electron chi connectivity index (χ1n) is 8.34. The van der Waals surface area contributed by atoms with Crippen LogP contribution in [0.1, 0.15) is 28.9 Å². The number of hydrogen-bond acceptors (Lipinski definition) is 5. The minimum absolute atomic E-state index is 0.248. The van der Waals surface area contributed by atoms with E-state index in [0.29, 0.717) is 17.1 Å². The number of ether oxygens (including phenoxy) is 1. The Morgan fingerprint density at radius 3 is 2.85 bits per heavy atom. The van der Waals surface area contributed by atoms with E-state index in [0.717, 1.165) is 41.6 Å². The molecule has 3 aromatic rings. The van der Waals surface area contributed by atoms with Crippen LogP contribution >= 0.6 is 0 Å². The molecule has 0 aliphatic heterocycles. The van der Waals surface area contributed by atoms with Gasteiger partial charge in [-0.3, -0.25) is 9.97 Å². The summed E-state index contributed by atoms with van der Waals surface area (Å²) >= 11 is 0. The molecular formula is C20H15FN4O. The van der Waals surface area contributed by atoms with Gasteiger partial charge in [0.15, 0.2) is 0 Å². The molecule has 4 rings (SSSR count). The molecule has 0 fully saturated rings. The van der Waals surface area contributed by atoms with Gasteiger partial charge in [0.25, 0.3) is 0 Å². The van der Waals surface area contributed by atoms with Crippen molar-refractivity contribution in [2.45, 2.75) is 25.9 Å². The fourth-order valence-corrected chi connectivity index (χ4v) is 3.13. The molecule has 1 aliphatic carbocycles. The van der Waals surface area contributed by atoms with E-state index >= 15 is 0 Å². The molecule has 0 atom stereocenters. The van der Waals surface area contributed by atoms with Crippen molar-refractivity contribution in [1.29, 1.82) is 5.26 Å². The van der Waals surface area contributed by atoms with Gasteiger partial charge in [0.1, 0.15) is 18.5 Å². The number of halogens is 1. The molecule has 3 aromatic heterocycles. The summed E-state index contributed by atoms with van der Waals surface area (Å²) in [6.07, 6.45) is 7.20. The van der Waals surface area contributed by atoms with Gasteiger partial charge in [0, 0.05) is 29.7 Å². The standard InChI is InChI=1S/C20H15FN4O/c21-15-6-14(10-23-11-15)18-7-20(25-19-3-1-2-17(18)19)26-12-16-5-4-13(8-22)9-24-16/h4-7,9-11H,1-3,12H2. The van der Waals surface area contributed by atoms with E-state index in [1.165, 1.54) is 18.5 Å². The molecule has 0 bridgehead atoms. The van der Waals surface area contributed by atoms with Crippen LogP contribution in [0, 0.1) is 17.1 Å². The van der Waals surface area contributed by atoms with Crippen LogP contribution in [0.25, 0.3) is 11.1 Å². The number of pyridine rings is 3. The second-order valence-electron chi connectivity index (χ2n) is 6.12. The summed E-state index contributed by atoms with van der Waals surface area (Å²) < 4.78 is 19.4. The van der Waals surface area contributed by atoms with Crippen LogP contribution in [0.2, 0.25) is 0 Å². The van der Waals surface area contributed by atoms with E-state index in [9.17, 15) is 4.39 Å². The van der Waals surface area contributed by atoms with Crippen LogP contribution in [-0.2, 0) is 19.4 Å². The predicted octanol–water partition coefficient (Wildman–Crippen LogP) is 3.62. The number of aryl methyl sites for hydroxylation is 1. The fraction of sp³-hybridized carbons (Fsp3) is 0.200. The van der Waals surface area contributed by atoms with Crippen LogP contribution < -0.4 is 4.74 Å². The van der Waals surface area contributed by atoms with Crippen molar-refractivity contribution in [3.05, 3.63) is 71.2 Å². The summed E-state index contributed by atoms with van der Waals surface area (Å²) in [5.41, 5.74) is 5.00. The van der Waals surface area contributed by atoms with E-state index in [-0.39, 0.29) is 12.4 Å². The van der Waals surface area contributed by atoms with Crippen LogP contribution in [0.5, 0.6) is 5.88 Å². The maximum atomic E-state index is 13.6. The van der Waals surface area contributed by atoms with Crippen molar-refractivity contribution in [2.75, 3.05) is 0 Å². The molecule has 0 saturated carbocycles. The third-order valence-corrected chi connectivity index (χ3v) is 4.36. The van der Waals surface area contributed by atoms with Gasteiger partial charge in [-0.05, 0) is 48.6 Å². The van der Waals surface area contributed by atoms with Crippen LogP contribution in [0.3, 0.4) is 0 Å². The highest BCUT2D eigenvalue weighted by molar-refractivity contribution is 5.69. The predicted molar refractivity (Wildman–Crippen MR) is 92.7 cm³/mol. The first-order chi connectivity index (χ1) is 12.7. The molecule has 0 saturated heterocycles. The van der Waals surface area contributed by atoms with E-state index in [1.54, 1.807) is 18.3 Å². The maximum absolute atomic E-state index is 13.6. The minimum Gasteiger partial charge on any atom is -0.471 e. The fourth-order valence-electron chi connectivity index (χ4n) is 3.13. The Morgan fingerprint density at radius 1 is 1.15 bits per heavy atom. The Kier molecular flexibility index (Phi) is 4.28. The van der Waals surface area contributed by atoms with Gasteiger partial charge in [0.2, 0.25) is 5.88 Å². The largest absolute Gasteiger partial charge is 0.471 e. The first-order valence-corrected chi connectivity index (χ1v) is 8.34. The summed E-state index contributed by atoms with van der Waals surface area (Å²) in [7, 11) is 0. The molecule has 6 heteroatoms. The molecule has 0 unspecified atom stereocenters. The Balaban J connectivity index is 1.62. The van der Waals surface area contributed by atoms with Crippen molar-refractivity contribution in [2.24, 2.45) is 0 Å². The second kappa shape index (κ2) is 6.89. The summed E-state index contributed by atoms with van der Waals surface area (Å²) in [6, 6.07) is 8.80. The molecule has 0 N–H and O–H groups in total. The van der Waals surface area contributed by atoms with E-state index in [4.69, 9.17) is 10.00 Å². The number of aromatic nitrogens is 3. The Bertz CT molecular complexity index is 996. The summed E-state index contributed by atoms with van der Waals surface area (Å²) in [5.74, 6) is 0.117. The molecule has 1 aliphatic rings. The highest BCUT2D eigenvalue weighted by atomic mass is 19.1. The Morgan fingerprint density at radius 2 is 2.08 bits per heavy atom. The first kappa shape index (κ1) is 16.2. The van der Waals surface area contributed by atoms with Gasteiger partial charge in [-0.25, -0.2) is 9.37 Å². The highest BCUT2D eigenvalue weighted by Crippen LogP contribution is 2.34. The molecule has 26 heavy (non-hydrogen) atoms. The van der Waals surface area contributed by atoms with E-state index in [2.05, 4.69) is 15.0 Å². The smallest absolute Gasteiger partial charge is 0.214 e. The summed E-state index contributed by atoms with van der Waals surface area (Å²) in [5, 5.41) is 8.82. The molecule has 128 valence electrons. The average molecular weight is 346 g/mol. The quantitative estimate of drug-likeness (QED) is 0.721. The van der Waals surface area contributed by atoms with Crippen molar-refractivity contribution < 1.29 is 9.13 Å². The molecule has 3 heterocycles. The third-order valence-electron chi connectivity index (χ3n) is 4.36. The topological polar surface area (TPSA) is 71.7 Å². The van der Waals surface area contributed by atoms with E-state index in [1.807, 2.05) is 12.1 Å². The lowest BCUT2D eigenvalue weighted by molar-refractivity contribution is 0.288. The van der Waals surface area contributed by atoms with Gasteiger partial charge in [-0.1, -0.05) is 0 Å². The molecule has 0 radical (unpaired) electrons. The lowest BCUT2D eigenvalue weighted by Crippen LogP contribution is -2.02. The lowest BCUT2D eigenvalue weighted by atomic mass is 10.0. The molecule has 0 spiro atoms. The summed E-state index contributed by atoms with van der Waals surface area (Å²) in [6.45, 7) is 0.248. The number of rotatable bonds is 4. The maximum Gasteiger partial charge on any atom is 0.214 e. The van der Waals surface area contributed by atoms with Gasteiger partial charge >= 0.3 is 0 Å². The number of hydrogen-bond donors (Lipinski definition) is 0. The molecule has 0 aromatic carbocycles. The van der Waals surface area contributed by atoms with E-state index < -0.39 is 0 Å².